The Morgan fingerprint density at radius 3 is 2.57 bits per heavy atom. The number of anilines is 3. The molecule has 0 radical (unpaired) electrons. The van der Waals surface area contributed by atoms with E-state index in [-0.39, 0.29) is 0 Å². The van der Waals surface area contributed by atoms with Crippen molar-refractivity contribution < 1.29 is 15.3 Å². The Labute approximate surface area is 207 Å². The molecular formula is C25H28N6O3S. The van der Waals surface area contributed by atoms with Gasteiger partial charge in [0.25, 0.3) is 0 Å². The molecule has 1 saturated carbocycles. The smallest absolute Gasteiger partial charge is 0.229 e. The highest BCUT2D eigenvalue weighted by molar-refractivity contribution is 7.21. The van der Waals surface area contributed by atoms with Crippen molar-refractivity contribution in [1.29, 1.82) is 0 Å². The molecule has 1 aromatic carbocycles. The van der Waals surface area contributed by atoms with Crippen molar-refractivity contribution in [3.63, 3.8) is 0 Å². The van der Waals surface area contributed by atoms with Gasteiger partial charge in [0.1, 0.15) is 16.9 Å². The topological polar surface area (TPSA) is 136 Å². The van der Waals surface area contributed by atoms with Gasteiger partial charge in [0.05, 0.1) is 33.5 Å². The van der Waals surface area contributed by atoms with Crippen LogP contribution in [0.1, 0.15) is 26.0 Å². The number of rotatable bonds is 6. The second-order valence-corrected chi connectivity index (χ2v) is 10.5. The summed E-state index contributed by atoms with van der Waals surface area (Å²) in [7, 11) is 0. The Balaban J connectivity index is 1.52. The van der Waals surface area contributed by atoms with Gasteiger partial charge in [-0.3, -0.25) is 4.98 Å². The number of hydrogen-bond acceptors (Lipinski definition) is 10. The average molecular weight is 493 g/mol. The van der Waals surface area contributed by atoms with Crippen LogP contribution in [-0.2, 0) is 0 Å². The molecule has 5 rings (SSSR count). The summed E-state index contributed by atoms with van der Waals surface area (Å²) < 4.78 is 1.04. The van der Waals surface area contributed by atoms with Crippen molar-refractivity contribution in [2.24, 2.45) is 5.92 Å². The Bertz CT molecular complexity index is 1320. The fourth-order valence-electron chi connectivity index (χ4n) is 4.50. The van der Waals surface area contributed by atoms with E-state index in [4.69, 9.17) is 9.97 Å². The van der Waals surface area contributed by atoms with E-state index in [0.29, 0.717) is 23.8 Å². The highest BCUT2D eigenvalue weighted by Crippen LogP contribution is 2.39. The van der Waals surface area contributed by atoms with Gasteiger partial charge < -0.3 is 26.0 Å². The van der Waals surface area contributed by atoms with Crippen LogP contribution in [0.3, 0.4) is 0 Å². The molecule has 0 saturated heterocycles. The molecule has 10 heteroatoms. The summed E-state index contributed by atoms with van der Waals surface area (Å²) in [6.07, 6.45) is 1.66. The molecule has 0 spiro atoms. The molecule has 3 heterocycles. The molecule has 1 unspecified atom stereocenters. The van der Waals surface area contributed by atoms with E-state index in [0.717, 1.165) is 26.6 Å². The minimum Gasteiger partial charge on any atom is -0.390 e. The molecule has 182 valence electrons. The number of para-hydroxylation sites is 1. The predicted molar refractivity (Wildman–Crippen MR) is 137 cm³/mol. The molecule has 4 aromatic rings. The number of pyridine rings is 1. The lowest BCUT2D eigenvalue weighted by Crippen LogP contribution is -2.40. The van der Waals surface area contributed by atoms with Crippen LogP contribution in [-0.4, -0.2) is 59.1 Å². The van der Waals surface area contributed by atoms with Crippen molar-refractivity contribution in [2.45, 2.75) is 51.0 Å². The second-order valence-electron chi connectivity index (χ2n) is 9.48. The first kappa shape index (κ1) is 23.6. The molecule has 0 bridgehead atoms. The number of hydrogen-bond donors (Lipinski definition) is 5. The van der Waals surface area contributed by atoms with E-state index in [9.17, 15) is 15.3 Å². The molecule has 1 aliphatic carbocycles. The van der Waals surface area contributed by atoms with E-state index in [2.05, 4.69) is 20.6 Å². The van der Waals surface area contributed by atoms with Crippen LogP contribution in [0.4, 0.5) is 17.5 Å². The van der Waals surface area contributed by atoms with Gasteiger partial charge >= 0.3 is 0 Å². The largest absolute Gasteiger partial charge is 0.390 e. The first-order valence-electron chi connectivity index (χ1n) is 11.5. The number of benzene rings is 1. The summed E-state index contributed by atoms with van der Waals surface area (Å²) in [6, 6.07) is 11.1. The van der Waals surface area contributed by atoms with Gasteiger partial charge in [0.15, 0.2) is 0 Å². The van der Waals surface area contributed by atoms with Crippen molar-refractivity contribution in [3.8, 4) is 10.6 Å². The quantitative estimate of drug-likeness (QED) is 0.274. The van der Waals surface area contributed by atoms with E-state index in [1.807, 2.05) is 43.3 Å². The summed E-state index contributed by atoms with van der Waals surface area (Å²) in [5.74, 6) is 0.371. The number of thiazole rings is 1. The van der Waals surface area contributed by atoms with Gasteiger partial charge in [0, 0.05) is 29.7 Å². The van der Waals surface area contributed by atoms with Crippen molar-refractivity contribution >= 4 is 39.0 Å². The zero-order valence-corrected chi connectivity index (χ0v) is 20.5. The Kier molecular flexibility index (Phi) is 6.14. The van der Waals surface area contributed by atoms with Crippen LogP contribution in [0.15, 0.2) is 48.8 Å². The summed E-state index contributed by atoms with van der Waals surface area (Å²) in [4.78, 5) is 18.2. The van der Waals surface area contributed by atoms with E-state index in [1.54, 1.807) is 26.2 Å². The molecule has 1 fully saturated rings. The number of aryl methyl sites for hydroxylation is 1. The number of aliphatic hydroxyl groups is 3. The molecule has 3 aromatic heterocycles. The maximum absolute atomic E-state index is 10.8. The molecule has 4 atom stereocenters. The fraction of sp³-hybridized carbons (Fsp3) is 0.360. The van der Waals surface area contributed by atoms with Gasteiger partial charge in [-0.2, -0.15) is 4.98 Å². The van der Waals surface area contributed by atoms with Gasteiger partial charge in [-0.1, -0.05) is 12.1 Å². The summed E-state index contributed by atoms with van der Waals surface area (Å²) in [5, 5.41) is 39.1. The van der Waals surface area contributed by atoms with Gasteiger partial charge in [-0.15, -0.1) is 11.3 Å². The van der Waals surface area contributed by atoms with Crippen LogP contribution < -0.4 is 10.6 Å². The van der Waals surface area contributed by atoms with E-state index < -0.39 is 29.8 Å². The standard InChI is InChI=1S/C25H28N6O3S/c1-13-10-14(8-9-26-13)28-24-27-12-15(23-30-17-6-4-5-7-19(17)35-23)22(31-24)29-18-11-16(25(2,3)34)20(32)21(18)33/h4-10,12,16,18,20-21,32-34H,11H2,1-3H3,(H2,26,27,28,29,31)/t16?,18-,20-,21+/m1/s1. The molecular weight excluding hydrogens is 464 g/mol. The SMILES string of the molecule is Cc1cc(Nc2ncc(-c3nc4ccccc4s3)c(N[C@@H]3CC(C(C)(C)O)[C@@H](O)[C@H]3O)n2)ccn1. The fourth-order valence-corrected chi connectivity index (χ4v) is 5.48. The molecule has 5 N–H and O–H groups in total. The third-order valence-corrected chi connectivity index (χ3v) is 7.45. The first-order chi connectivity index (χ1) is 16.7. The highest BCUT2D eigenvalue weighted by Gasteiger charge is 2.47. The second kappa shape index (κ2) is 9.12. The van der Waals surface area contributed by atoms with Crippen molar-refractivity contribution in [2.75, 3.05) is 10.6 Å². The summed E-state index contributed by atoms with van der Waals surface area (Å²) in [6.45, 7) is 5.19. The maximum Gasteiger partial charge on any atom is 0.229 e. The molecule has 1 aliphatic rings. The summed E-state index contributed by atoms with van der Waals surface area (Å²) >= 11 is 1.53. The van der Waals surface area contributed by atoms with Crippen LogP contribution in [0, 0.1) is 12.8 Å². The Morgan fingerprint density at radius 1 is 1.06 bits per heavy atom. The Hall–Kier alpha value is -3.18. The van der Waals surface area contributed by atoms with E-state index in [1.165, 1.54) is 11.3 Å². The lowest BCUT2D eigenvalue weighted by molar-refractivity contribution is -0.0601. The lowest BCUT2D eigenvalue weighted by Gasteiger charge is -2.28. The minimum atomic E-state index is -1.13. The molecule has 0 aliphatic heterocycles. The third-order valence-electron chi connectivity index (χ3n) is 6.38. The van der Waals surface area contributed by atoms with E-state index >= 15 is 0 Å². The van der Waals surface area contributed by atoms with Gasteiger partial charge in [-0.05, 0) is 51.5 Å². The lowest BCUT2D eigenvalue weighted by atomic mass is 9.88. The maximum atomic E-state index is 10.8. The summed E-state index contributed by atoms with van der Waals surface area (Å²) in [5.41, 5.74) is 2.10. The van der Waals surface area contributed by atoms with Crippen molar-refractivity contribution in [3.05, 3.63) is 54.5 Å². The average Bonchev–Trinajstić information content (AvgIpc) is 3.36. The molecule has 9 nitrogen and oxygen atoms in total. The van der Waals surface area contributed by atoms with Crippen LogP contribution in [0.5, 0.6) is 0 Å². The van der Waals surface area contributed by atoms with Crippen LogP contribution in [0.2, 0.25) is 0 Å². The number of aromatic nitrogens is 4. The normalized spacial score (nSPS) is 22.5. The molecule has 0 amide bonds. The number of nitrogens with one attached hydrogen (secondary N) is 2. The third kappa shape index (κ3) is 4.83. The zero-order valence-electron chi connectivity index (χ0n) is 19.7. The first-order valence-corrected chi connectivity index (χ1v) is 12.3. The molecule has 35 heavy (non-hydrogen) atoms. The minimum absolute atomic E-state index is 0.370. The van der Waals surface area contributed by atoms with Gasteiger partial charge in [-0.25, -0.2) is 9.97 Å². The van der Waals surface area contributed by atoms with Crippen LogP contribution in [0.25, 0.3) is 20.8 Å². The van der Waals surface area contributed by atoms with Crippen molar-refractivity contribution in [1.82, 2.24) is 19.9 Å². The highest BCUT2D eigenvalue weighted by atomic mass is 32.1. The monoisotopic (exact) mass is 492 g/mol. The predicted octanol–water partition coefficient (Wildman–Crippen LogP) is 3.49. The zero-order chi connectivity index (χ0) is 24.7. The van der Waals surface area contributed by atoms with Gasteiger partial charge in [0.2, 0.25) is 5.95 Å². The number of fused-ring (bicyclic) bond motifs is 1. The van der Waals surface area contributed by atoms with Crippen LogP contribution >= 0.6 is 11.3 Å². The number of aliphatic hydroxyl groups excluding tert-OH is 2. The number of nitrogens with zero attached hydrogens (tertiary/aromatic N) is 4. The Morgan fingerprint density at radius 2 is 1.86 bits per heavy atom.